The van der Waals surface area contributed by atoms with Crippen LogP contribution >= 0.6 is 11.6 Å². The molecule has 126 valence electrons. The highest BCUT2D eigenvalue weighted by molar-refractivity contribution is 6.30. The molecule has 0 aromatic heterocycles. The Morgan fingerprint density at radius 3 is 2.54 bits per heavy atom. The van der Waals surface area contributed by atoms with Gasteiger partial charge in [-0.1, -0.05) is 29.8 Å². The maximum atomic E-state index is 11.7. The Morgan fingerprint density at radius 2 is 1.83 bits per heavy atom. The first kappa shape index (κ1) is 17.9. The molecule has 0 aliphatic carbocycles. The van der Waals surface area contributed by atoms with Crippen LogP contribution in [-0.2, 0) is 16.0 Å². The number of allylic oxidation sites excluding steroid dienone is 1. The van der Waals surface area contributed by atoms with Crippen molar-refractivity contribution in [3.05, 3.63) is 71.0 Å². The predicted molar refractivity (Wildman–Crippen MR) is 93.5 cm³/mol. The van der Waals surface area contributed by atoms with Gasteiger partial charge in [0.15, 0.2) is 6.61 Å². The average Bonchev–Trinajstić information content (AvgIpc) is 2.60. The molecule has 0 saturated carbocycles. The van der Waals surface area contributed by atoms with E-state index in [9.17, 15) is 4.79 Å². The Hall–Kier alpha value is -2.46. The van der Waals surface area contributed by atoms with Gasteiger partial charge in [0, 0.05) is 11.4 Å². The summed E-state index contributed by atoms with van der Waals surface area (Å²) in [4.78, 5) is 11.7. The minimum absolute atomic E-state index is 0.167. The summed E-state index contributed by atoms with van der Waals surface area (Å²) in [5, 5.41) is 0.611. The molecule has 0 aliphatic rings. The van der Waals surface area contributed by atoms with E-state index in [0.717, 1.165) is 16.9 Å². The molecule has 5 heteroatoms. The molecule has 0 bridgehead atoms. The molecule has 0 N–H and O–H groups in total. The minimum atomic E-state index is -0.468. The summed E-state index contributed by atoms with van der Waals surface area (Å²) in [6, 6.07) is 14.5. The van der Waals surface area contributed by atoms with Gasteiger partial charge in [-0.05, 0) is 48.4 Å². The summed E-state index contributed by atoms with van der Waals surface area (Å²) in [5.74, 6) is 0.901. The zero-order valence-electron chi connectivity index (χ0n) is 13.6. The van der Waals surface area contributed by atoms with Crippen molar-refractivity contribution in [3.8, 4) is 11.5 Å². The van der Waals surface area contributed by atoms with Gasteiger partial charge in [0.05, 0.1) is 13.4 Å². The Kier molecular flexibility index (Phi) is 6.70. The summed E-state index contributed by atoms with van der Waals surface area (Å²) >= 11 is 5.78. The van der Waals surface area contributed by atoms with Crippen molar-refractivity contribution >= 4 is 17.6 Å². The molecule has 0 heterocycles. The molecule has 0 fully saturated rings. The normalized spacial score (nSPS) is 11.0. The zero-order valence-corrected chi connectivity index (χ0v) is 14.4. The van der Waals surface area contributed by atoms with E-state index >= 15 is 0 Å². The van der Waals surface area contributed by atoms with Crippen molar-refractivity contribution in [3.63, 3.8) is 0 Å². The van der Waals surface area contributed by atoms with E-state index in [1.807, 2.05) is 31.2 Å². The number of carbonyl (C=O) groups excluding carboxylic acids is 1. The number of methoxy groups -OCH3 is 1. The van der Waals surface area contributed by atoms with Crippen LogP contribution < -0.4 is 9.47 Å². The number of ether oxygens (including phenoxy) is 3. The van der Waals surface area contributed by atoms with Crippen LogP contribution in [-0.4, -0.2) is 19.7 Å². The van der Waals surface area contributed by atoms with Gasteiger partial charge in [0.25, 0.3) is 0 Å². The first-order valence-corrected chi connectivity index (χ1v) is 7.81. The summed E-state index contributed by atoms with van der Waals surface area (Å²) in [6.07, 6.45) is 2.08. The van der Waals surface area contributed by atoms with Gasteiger partial charge in [-0.2, -0.15) is 0 Å². The van der Waals surface area contributed by atoms with Crippen molar-refractivity contribution in [1.29, 1.82) is 0 Å². The lowest BCUT2D eigenvalue weighted by molar-refractivity contribution is -0.140. The fraction of sp³-hybridized carbons (Fsp3) is 0.211. The summed E-state index contributed by atoms with van der Waals surface area (Å²) < 4.78 is 15.7. The summed E-state index contributed by atoms with van der Waals surface area (Å²) in [7, 11) is 1.63. The smallest absolute Gasteiger partial charge is 0.348 e. The quantitative estimate of drug-likeness (QED) is 0.550. The third-order valence-electron chi connectivity index (χ3n) is 3.22. The SMILES string of the molecule is COc1ccccc1C/C(C)=C/OC(=O)COc1ccc(Cl)cc1. The molecule has 2 aromatic carbocycles. The van der Waals surface area contributed by atoms with Crippen molar-refractivity contribution < 1.29 is 19.0 Å². The monoisotopic (exact) mass is 346 g/mol. The molecule has 4 nitrogen and oxygen atoms in total. The molecule has 0 unspecified atom stereocenters. The topological polar surface area (TPSA) is 44.8 Å². The Labute approximate surface area is 146 Å². The van der Waals surface area contributed by atoms with Gasteiger partial charge >= 0.3 is 5.97 Å². The maximum Gasteiger partial charge on any atom is 0.348 e. The molecular weight excluding hydrogens is 328 g/mol. The summed E-state index contributed by atoms with van der Waals surface area (Å²) in [6.45, 7) is 1.72. The van der Waals surface area contributed by atoms with Crippen LogP contribution in [0.1, 0.15) is 12.5 Å². The van der Waals surface area contributed by atoms with E-state index in [1.165, 1.54) is 6.26 Å². The van der Waals surface area contributed by atoms with Crippen molar-refractivity contribution in [1.82, 2.24) is 0 Å². The number of hydrogen-bond acceptors (Lipinski definition) is 4. The number of para-hydroxylation sites is 1. The second-order valence-electron chi connectivity index (χ2n) is 5.19. The fourth-order valence-corrected chi connectivity index (χ4v) is 2.19. The van der Waals surface area contributed by atoms with E-state index in [2.05, 4.69) is 0 Å². The molecule has 0 radical (unpaired) electrons. The van der Waals surface area contributed by atoms with Gasteiger partial charge in [0.1, 0.15) is 11.5 Å². The molecule has 0 amide bonds. The minimum Gasteiger partial charge on any atom is -0.496 e. The van der Waals surface area contributed by atoms with Crippen LogP contribution in [0.2, 0.25) is 5.02 Å². The van der Waals surface area contributed by atoms with Crippen LogP contribution in [0, 0.1) is 0 Å². The van der Waals surface area contributed by atoms with Crippen molar-refractivity contribution in [2.75, 3.05) is 13.7 Å². The highest BCUT2D eigenvalue weighted by Crippen LogP contribution is 2.20. The molecule has 0 atom stereocenters. The maximum absolute atomic E-state index is 11.7. The largest absolute Gasteiger partial charge is 0.496 e. The highest BCUT2D eigenvalue weighted by atomic mass is 35.5. The number of rotatable bonds is 7. The molecular formula is C19H19ClO4. The molecule has 0 aliphatic heterocycles. The predicted octanol–water partition coefficient (Wildman–Crippen LogP) is 4.42. The Balaban J connectivity index is 1.83. The standard InChI is InChI=1S/C19H19ClO4/c1-14(11-15-5-3-4-6-18(15)22-2)12-24-19(21)13-23-17-9-7-16(20)8-10-17/h3-10,12H,11,13H2,1-2H3/b14-12+. The van der Waals surface area contributed by atoms with Gasteiger partial charge in [0.2, 0.25) is 0 Å². The fourth-order valence-electron chi connectivity index (χ4n) is 2.06. The number of hydrogen-bond donors (Lipinski definition) is 0. The van der Waals surface area contributed by atoms with Crippen LogP contribution in [0.15, 0.2) is 60.4 Å². The number of halogens is 1. The molecule has 2 rings (SSSR count). The van der Waals surface area contributed by atoms with Crippen LogP contribution in [0.4, 0.5) is 0 Å². The van der Waals surface area contributed by atoms with Gasteiger partial charge in [-0.3, -0.25) is 0 Å². The molecule has 24 heavy (non-hydrogen) atoms. The van der Waals surface area contributed by atoms with E-state index in [0.29, 0.717) is 17.2 Å². The summed E-state index contributed by atoms with van der Waals surface area (Å²) in [5.41, 5.74) is 1.93. The number of esters is 1. The Bertz CT molecular complexity index is 708. The molecule has 0 saturated heterocycles. The lowest BCUT2D eigenvalue weighted by Gasteiger charge is -2.08. The Morgan fingerprint density at radius 1 is 1.12 bits per heavy atom. The van der Waals surface area contributed by atoms with Crippen LogP contribution in [0.5, 0.6) is 11.5 Å². The first-order chi connectivity index (χ1) is 11.6. The lowest BCUT2D eigenvalue weighted by Crippen LogP contribution is -2.12. The van der Waals surface area contributed by atoms with Crippen molar-refractivity contribution in [2.24, 2.45) is 0 Å². The molecule has 2 aromatic rings. The van der Waals surface area contributed by atoms with E-state index in [1.54, 1.807) is 31.4 Å². The molecule has 0 spiro atoms. The van der Waals surface area contributed by atoms with Crippen LogP contribution in [0.3, 0.4) is 0 Å². The number of benzene rings is 2. The van der Waals surface area contributed by atoms with Gasteiger partial charge in [-0.25, -0.2) is 4.79 Å². The lowest BCUT2D eigenvalue weighted by atomic mass is 10.1. The number of carbonyl (C=O) groups is 1. The highest BCUT2D eigenvalue weighted by Gasteiger charge is 2.06. The van der Waals surface area contributed by atoms with E-state index in [-0.39, 0.29) is 6.61 Å². The van der Waals surface area contributed by atoms with E-state index < -0.39 is 5.97 Å². The second kappa shape index (κ2) is 8.99. The second-order valence-corrected chi connectivity index (χ2v) is 5.62. The van der Waals surface area contributed by atoms with Crippen molar-refractivity contribution in [2.45, 2.75) is 13.3 Å². The van der Waals surface area contributed by atoms with Gasteiger partial charge < -0.3 is 14.2 Å². The first-order valence-electron chi connectivity index (χ1n) is 7.44. The zero-order chi connectivity index (χ0) is 17.4. The average molecular weight is 347 g/mol. The van der Waals surface area contributed by atoms with E-state index in [4.69, 9.17) is 25.8 Å². The third kappa shape index (κ3) is 5.63. The van der Waals surface area contributed by atoms with Gasteiger partial charge in [-0.15, -0.1) is 0 Å². The third-order valence-corrected chi connectivity index (χ3v) is 3.48. The van der Waals surface area contributed by atoms with Crippen LogP contribution in [0.25, 0.3) is 0 Å².